The molecule has 0 spiro atoms. The molecule has 126 valence electrons. The van der Waals surface area contributed by atoms with Crippen LogP contribution in [0, 0.1) is 0 Å². The van der Waals surface area contributed by atoms with Gasteiger partial charge in [-0.25, -0.2) is 0 Å². The summed E-state index contributed by atoms with van der Waals surface area (Å²) < 4.78 is 1.94. The fourth-order valence-electron chi connectivity index (χ4n) is 3.75. The predicted molar refractivity (Wildman–Crippen MR) is 90.6 cm³/mol. The SMILES string of the molecule is C[C@@H]1Cc2nn3c(c2CN1)C(=O)N([C@H](C)c1ccccn1)C[C@H]3C. The van der Waals surface area contributed by atoms with Crippen LogP contribution in [0.5, 0.6) is 0 Å². The van der Waals surface area contributed by atoms with Crippen LogP contribution in [0.1, 0.15) is 60.3 Å². The molecule has 2 aliphatic rings. The molecule has 0 bridgehead atoms. The zero-order valence-electron chi connectivity index (χ0n) is 14.4. The Bertz CT molecular complexity index is 769. The summed E-state index contributed by atoms with van der Waals surface area (Å²) in [5.74, 6) is 0.0661. The van der Waals surface area contributed by atoms with Gasteiger partial charge in [-0.3, -0.25) is 14.5 Å². The Hall–Kier alpha value is -2.21. The number of rotatable bonds is 2. The number of hydrogen-bond acceptors (Lipinski definition) is 4. The minimum Gasteiger partial charge on any atom is -0.327 e. The average molecular weight is 325 g/mol. The first-order valence-corrected chi connectivity index (χ1v) is 8.61. The van der Waals surface area contributed by atoms with Crippen LogP contribution < -0.4 is 5.32 Å². The van der Waals surface area contributed by atoms with E-state index in [4.69, 9.17) is 5.10 Å². The maximum atomic E-state index is 13.2. The van der Waals surface area contributed by atoms with E-state index in [1.54, 1.807) is 6.20 Å². The lowest BCUT2D eigenvalue weighted by Crippen LogP contribution is -2.44. The minimum atomic E-state index is -0.0454. The van der Waals surface area contributed by atoms with E-state index in [9.17, 15) is 4.79 Å². The van der Waals surface area contributed by atoms with Gasteiger partial charge in [0.2, 0.25) is 0 Å². The minimum absolute atomic E-state index is 0.0454. The Morgan fingerprint density at radius 1 is 1.33 bits per heavy atom. The first kappa shape index (κ1) is 15.3. The fourth-order valence-corrected chi connectivity index (χ4v) is 3.75. The van der Waals surface area contributed by atoms with Crippen LogP contribution in [-0.2, 0) is 13.0 Å². The van der Waals surface area contributed by atoms with E-state index in [2.05, 4.69) is 24.1 Å². The Kier molecular flexibility index (Phi) is 3.64. The van der Waals surface area contributed by atoms with Gasteiger partial charge >= 0.3 is 0 Å². The molecule has 2 aliphatic heterocycles. The van der Waals surface area contributed by atoms with E-state index in [-0.39, 0.29) is 18.0 Å². The molecule has 6 nitrogen and oxygen atoms in total. The van der Waals surface area contributed by atoms with E-state index in [1.807, 2.05) is 34.7 Å². The summed E-state index contributed by atoms with van der Waals surface area (Å²) in [7, 11) is 0. The Balaban J connectivity index is 1.72. The average Bonchev–Trinajstić information content (AvgIpc) is 2.97. The van der Waals surface area contributed by atoms with Gasteiger partial charge in [-0.1, -0.05) is 6.07 Å². The van der Waals surface area contributed by atoms with Gasteiger partial charge in [0.25, 0.3) is 5.91 Å². The molecule has 24 heavy (non-hydrogen) atoms. The highest BCUT2D eigenvalue weighted by Crippen LogP contribution is 2.32. The molecular weight excluding hydrogens is 302 g/mol. The second-order valence-corrected chi connectivity index (χ2v) is 6.94. The van der Waals surface area contributed by atoms with Crippen LogP contribution in [0.3, 0.4) is 0 Å². The van der Waals surface area contributed by atoms with E-state index in [0.29, 0.717) is 12.6 Å². The summed E-state index contributed by atoms with van der Waals surface area (Å²) in [6, 6.07) is 6.38. The van der Waals surface area contributed by atoms with Gasteiger partial charge < -0.3 is 10.2 Å². The monoisotopic (exact) mass is 325 g/mol. The van der Waals surface area contributed by atoms with E-state index >= 15 is 0 Å². The third kappa shape index (κ3) is 2.33. The summed E-state index contributed by atoms with van der Waals surface area (Å²) in [5, 5.41) is 8.20. The number of hydrogen-bond donors (Lipinski definition) is 1. The van der Waals surface area contributed by atoms with Gasteiger partial charge in [-0.05, 0) is 32.9 Å². The Labute approximate surface area is 141 Å². The van der Waals surface area contributed by atoms with Gasteiger partial charge in [0, 0.05) is 37.3 Å². The third-order valence-corrected chi connectivity index (χ3v) is 5.14. The molecule has 4 heterocycles. The first-order valence-electron chi connectivity index (χ1n) is 8.61. The highest BCUT2D eigenvalue weighted by molar-refractivity contribution is 5.95. The lowest BCUT2D eigenvalue weighted by atomic mass is 10.00. The fraction of sp³-hybridized carbons (Fsp3) is 0.500. The molecule has 0 unspecified atom stereocenters. The molecule has 2 aromatic rings. The van der Waals surface area contributed by atoms with Crippen molar-refractivity contribution in [2.45, 2.75) is 51.9 Å². The van der Waals surface area contributed by atoms with Gasteiger partial charge in [-0.15, -0.1) is 0 Å². The molecule has 0 aromatic carbocycles. The number of carbonyl (C=O) groups excluding carboxylic acids is 1. The van der Waals surface area contributed by atoms with Crippen LogP contribution in [0.2, 0.25) is 0 Å². The summed E-state index contributed by atoms with van der Waals surface area (Å²) in [4.78, 5) is 19.6. The van der Waals surface area contributed by atoms with E-state index in [0.717, 1.165) is 35.6 Å². The van der Waals surface area contributed by atoms with Crippen molar-refractivity contribution < 1.29 is 4.79 Å². The second-order valence-electron chi connectivity index (χ2n) is 6.94. The highest BCUT2D eigenvalue weighted by Gasteiger charge is 2.38. The maximum absolute atomic E-state index is 13.2. The van der Waals surface area contributed by atoms with Crippen LogP contribution in [-0.4, -0.2) is 38.2 Å². The van der Waals surface area contributed by atoms with Crippen molar-refractivity contribution in [3.05, 3.63) is 47.0 Å². The standard InChI is InChI=1S/C18H23N5O/c1-11-8-16-14(9-20-11)17-18(24)22(10-12(2)23(17)21-16)13(3)15-6-4-5-7-19-15/h4-7,11-13,20H,8-10H2,1-3H3/t11-,12-,13-/m1/s1. The molecule has 0 saturated carbocycles. The molecule has 3 atom stereocenters. The number of nitrogens with zero attached hydrogens (tertiary/aromatic N) is 4. The van der Waals surface area contributed by atoms with Crippen LogP contribution in [0.4, 0.5) is 0 Å². The number of pyridine rings is 1. The van der Waals surface area contributed by atoms with Crippen molar-refractivity contribution in [1.82, 2.24) is 25.0 Å². The molecule has 0 aliphatic carbocycles. The Morgan fingerprint density at radius 2 is 2.17 bits per heavy atom. The van der Waals surface area contributed by atoms with Crippen molar-refractivity contribution in [1.29, 1.82) is 0 Å². The summed E-state index contributed by atoms with van der Waals surface area (Å²) >= 11 is 0. The van der Waals surface area contributed by atoms with Gasteiger partial charge in [0.15, 0.2) is 0 Å². The zero-order chi connectivity index (χ0) is 16.8. The lowest BCUT2D eigenvalue weighted by molar-refractivity contribution is 0.0581. The number of fused-ring (bicyclic) bond motifs is 3. The van der Waals surface area contributed by atoms with Crippen LogP contribution in [0.15, 0.2) is 24.4 Å². The number of carbonyl (C=O) groups is 1. The summed E-state index contributed by atoms with van der Waals surface area (Å²) in [6.45, 7) is 7.71. The maximum Gasteiger partial charge on any atom is 0.273 e. The molecule has 0 fully saturated rings. The second kappa shape index (κ2) is 5.70. The number of amides is 1. The van der Waals surface area contributed by atoms with Crippen molar-refractivity contribution >= 4 is 5.91 Å². The molecule has 0 saturated heterocycles. The van der Waals surface area contributed by atoms with E-state index in [1.165, 1.54) is 0 Å². The van der Waals surface area contributed by atoms with Gasteiger partial charge in [0.05, 0.1) is 23.5 Å². The Morgan fingerprint density at radius 3 is 2.92 bits per heavy atom. The van der Waals surface area contributed by atoms with E-state index < -0.39 is 0 Å². The molecule has 1 N–H and O–H groups in total. The van der Waals surface area contributed by atoms with Crippen molar-refractivity contribution in [2.24, 2.45) is 0 Å². The largest absolute Gasteiger partial charge is 0.327 e. The molecule has 1 amide bonds. The van der Waals surface area contributed by atoms with Crippen LogP contribution in [0.25, 0.3) is 0 Å². The zero-order valence-corrected chi connectivity index (χ0v) is 14.4. The van der Waals surface area contributed by atoms with Crippen molar-refractivity contribution in [3.8, 4) is 0 Å². The van der Waals surface area contributed by atoms with Gasteiger partial charge in [-0.2, -0.15) is 5.10 Å². The normalized spacial score (nSPS) is 24.5. The predicted octanol–water partition coefficient (Wildman–Crippen LogP) is 2.09. The molecular formula is C18H23N5O. The highest BCUT2D eigenvalue weighted by atomic mass is 16.2. The quantitative estimate of drug-likeness (QED) is 0.918. The molecule has 6 heteroatoms. The molecule has 0 radical (unpaired) electrons. The van der Waals surface area contributed by atoms with Gasteiger partial charge in [0.1, 0.15) is 5.69 Å². The summed E-state index contributed by atoms with van der Waals surface area (Å²) in [5.41, 5.74) is 3.82. The first-order chi connectivity index (χ1) is 11.6. The third-order valence-electron chi connectivity index (χ3n) is 5.14. The topological polar surface area (TPSA) is 63.1 Å². The van der Waals surface area contributed by atoms with Crippen molar-refractivity contribution in [3.63, 3.8) is 0 Å². The summed E-state index contributed by atoms with van der Waals surface area (Å²) in [6.07, 6.45) is 2.66. The lowest BCUT2D eigenvalue weighted by Gasteiger charge is -2.36. The molecule has 2 aromatic heterocycles. The number of aromatic nitrogens is 3. The smallest absolute Gasteiger partial charge is 0.273 e. The van der Waals surface area contributed by atoms with Crippen LogP contribution >= 0.6 is 0 Å². The number of nitrogens with one attached hydrogen (secondary N) is 1. The van der Waals surface area contributed by atoms with Crippen molar-refractivity contribution in [2.75, 3.05) is 6.54 Å². The molecule has 4 rings (SSSR count).